The van der Waals surface area contributed by atoms with Crippen molar-refractivity contribution in [3.05, 3.63) is 53.3 Å². The highest BCUT2D eigenvalue weighted by Crippen LogP contribution is 2.09. The van der Waals surface area contributed by atoms with Gasteiger partial charge >= 0.3 is 0 Å². The van der Waals surface area contributed by atoms with Gasteiger partial charge in [-0.25, -0.2) is 9.97 Å². The summed E-state index contributed by atoms with van der Waals surface area (Å²) in [6.45, 7) is 0. The molecule has 0 aromatic carbocycles. The maximum absolute atomic E-state index is 5.75. The average molecular weight is 206 g/mol. The minimum Gasteiger partial charge on any atom is -0.265 e. The summed E-state index contributed by atoms with van der Waals surface area (Å²) in [5.74, 6) is 0. The predicted molar refractivity (Wildman–Crippen MR) is 54.1 cm³/mol. The number of rotatable bonds is 2. The fourth-order valence-corrected chi connectivity index (χ4v) is 1.35. The quantitative estimate of drug-likeness (QED) is 0.705. The minimum atomic E-state index is 0.476. The lowest BCUT2D eigenvalue weighted by Gasteiger charge is -1.99. The van der Waals surface area contributed by atoms with Crippen molar-refractivity contribution in [2.45, 2.75) is 6.42 Å². The number of halogens is 1. The molecule has 2 aromatic rings. The standard InChI is InChI=1S/C10H8ClN3/c11-10-6-9(13-7-14-10)5-8-1-3-12-4-2-8/h1-4,6-7H,5H2. The van der Waals surface area contributed by atoms with Gasteiger partial charge in [0.25, 0.3) is 0 Å². The van der Waals surface area contributed by atoms with Gasteiger partial charge in [0, 0.05) is 24.5 Å². The van der Waals surface area contributed by atoms with Crippen LogP contribution in [-0.4, -0.2) is 15.0 Å². The Kier molecular flexibility index (Phi) is 2.70. The predicted octanol–water partition coefficient (Wildman–Crippen LogP) is 2.12. The Morgan fingerprint density at radius 2 is 1.93 bits per heavy atom. The van der Waals surface area contributed by atoms with Gasteiger partial charge in [-0.15, -0.1) is 0 Å². The molecule has 2 aromatic heterocycles. The molecule has 0 aliphatic heterocycles. The van der Waals surface area contributed by atoms with Crippen LogP contribution in [0.4, 0.5) is 0 Å². The smallest absolute Gasteiger partial charge is 0.132 e. The molecule has 0 aliphatic rings. The van der Waals surface area contributed by atoms with E-state index in [0.717, 1.165) is 17.7 Å². The van der Waals surface area contributed by atoms with Gasteiger partial charge < -0.3 is 0 Å². The molecule has 0 fully saturated rings. The van der Waals surface area contributed by atoms with Crippen LogP contribution in [0.5, 0.6) is 0 Å². The molecule has 0 atom stereocenters. The van der Waals surface area contributed by atoms with E-state index in [1.54, 1.807) is 18.5 Å². The monoisotopic (exact) mass is 205 g/mol. The van der Waals surface area contributed by atoms with Crippen LogP contribution in [0.25, 0.3) is 0 Å². The first kappa shape index (κ1) is 9.09. The number of nitrogens with zero attached hydrogens (tertiary/aromatic N) is 3. The van der Waals surface area contributed by atoms with Crippen LogP contribution in [0.3, 0.4) is 0 Å². The summed E-state index contributed by atoms with van der Waals surface area (Å²) in [4.78, 5) is 11.9. The molecule has 0 bridgehead atoms. The number of hydrogen-bond donors (Lipinski definition) is 0. The highest BCUT2D eigenvalue weighted by molar-refractivity contribution is 6.29. The van der Waals surface area contributed by atoms with E-state index in [2.05, 4.69) is 15.0 Å². The first-order valence-electron chi connectivity index (χ1n) is 4.20. The largest absolute Gasteiger partial charge is 0.265 e. The molecule has 70 valence electrons. The summed E-state index contributed by atoms with van der Waals surface area (Å²) in [5, 5.41) is 0.476. The summed E-state index contributed by atoms with van der Waals surface area (Å²) in [5.41, 5.74) is 2.07. The van der Waals surface area contributed by atoms with Crippen molar-refractivity contribution in [3.63, 3.8) is 0 Å². The highest BCUT2D eigenvalue weighted by atomic mass is 35.5. The van der Waals surface area contributed by atoms with Crippen molar-refractivity contribution in [3.8, 4) is 0 Å². The van der Waals surface area contributed by atoms with Crippen LogP contribution >= 0.6 is 11.6 Å². The molecule has 2 heterocycles. The van der Waals surface area contributed by atoms with Gasteiger partial charge in [-0.1, -0.05) is 11.6 Å². The Balaban J connectivity index is 2.19. The lowest BCUT2D eigenvalue weighted by Crippen LogP contribution is -1.92. The van der Waals surface area contributed by atoms with Gasteiger partial charge in [-0.3, -0.25) is 4.98 Å². The molecule has 14 heavy (non-hydrogen) atoms. The Labute approximate surface area is 86.8 Å². The molecule has 0 aliphatic carbocycles. The van der Waals surface area contributed by atoms with Crippen LogP contribution < -0.4 is 0 Å². The fourth-order valence-electron chi connectivity index (χ4n) is 1.18. The Morgan fingerprint density at radius 1 is 1.14 bits per heavy atom. The van der Waals surface area contributed by atoms with Crippen LogP contribution in [0.15, 0.2) is 36.9 Å². The second kappa shape index (κ2) is 4.15. The van der Waals surface area contributed by atoms with Crippen LogP contribution in [0.2, 0.25) is 5.15 Å². The Hall–Kier alpha value is -1.48. The third-order valence-corrected chi connectivity index (χ3v) is 2.03. The highest BCUT2D eigenvalue weighted by Gasteiger charge is 1.98. The van der Waals surface area contributed by atoms with Crippen molar-refractivity contribution >= 4 is 11.6 Å². The zero-order valence-corrected chi connectivity index (χ0v) is 8.15. The molecular formula is C10H8ClN3. The van der Waals surface area contributed by atoms with E-state index in [4.69, 9.17) is 11.6 Å². The van der Waals surface area contributed by atoms with E-state index in [1.165, 1.54) is 6.33 Å². The maximum atomic E-state index is 5.75. The molecule has 0 radical (unpaired) electrons. The van der Waals surface area contributed by atoms with Crippen molar-refractivity contribution in [2.24, 2.45) is 0 Å². The molecule has 0 saturated heterocycles. The molecule has 4 heteroatoms. The number of hydrogen-bond acceptors (Lipinski definition) is 3. The van der Waals surface area contributed by atoms with Gasteiger partial charge in [0.1, 0.15) is 11.5 Å². The summed E-state index contributed by atoms with van der Waals surface area (Å²) < 4.78 is 0. The van der Waals surface area contributed by atoms with E-state index in [0.29, 0.717) is 5.15 Å². The molecular weight excluding hydrogens is 198 g/mol. The zero-order chi connectivity index (χ0) is 9.80. The lowest BCUT2D eigenvalue weighted by atomic mass is 10.1. The summed E-state index contributed by atoms with van der Waals surface area (Å²) >= 11 is 5.75. The van der Waals surface area contributed by atoms with Crippen molar-refractivity contribution in [2.75, 3.05) is 0 Å². The van der Waals surface area contributed by atoms with E-state index in [-0.39, 0.29) is 0 Å². The van der Waals surface area contributed by atoms with Crippen LogP contribution in [0.1, 0.15) is 11.3 Å². The van der Waals surface area contributed by atoms with Gasteiger partial charge in [0.05, 0.1) is 0 Å². The molecule has 3 nitrogen and oxygen atoms in total. The fraction of sp³-hybridized carbons (Fsp3) is 0.100. The third-order valence-electron chi connectivity index (χ3n) is 1.82. The first-order chi connectivity index (χ1) is 6.84. The molecule has 2 rings (SSSR count). The van der Waals surface area contributed by atoms with Crippen molar-refractivity contribution < 1.29 is 0 Å². The van der Waals surface area contributed by atoms with Gasteiger partial charge in [0.2, 0.25) is 0 Å². The molecule has 0 saturated carbocycles. The first-order valence-corrected chi connectivity index (χ1v) is 4.58. The Bertz CT molecular complexity index is 417. The number of aromatic nitrogens is 3. The normalized spacial score (nSPS) is 10.1. The van der Waals surface area contributed by atoms with E-state index < -0.39 is 0 Å². The molecule has 0 spiro atoms. The van der Waals surface area contributed by atoms with Crippen molar-refractivity contribution in [1.29, 1.82) is 0 Å². The van der Waals surface area contributed by atoms with E-state index in [9.17, 15) is 0 Å². The lowest BCUT2D eigenvalue weighted by molar-refractivity contribution is 1.02. The zero-order valence-electron chi connectivity index (χ0n) is 7.39. The van der Waals surface area contributed by atoms with Crippen LogP contribution in [-0.2, 0) is 6.42 Å². The summed E-state index contributed by atoms with van der Waals surface area (Å²) in [6.07, 6.45) is 5.75. The van der Waals surface area contributed by atoms with Crippen molar-refractivity contribution in [1.82, 2.24) is 15.0 Å². The third kappa shape index (κ3) is 2.26. The van der Waals surface area contributed by atoms with Crippen LogP contribution in [0, 0.1) is 0 Å². The van der Waals surface area contributed by atoms with Gasteiger partial charge in [-0.05, 0) is 23.8 Å². The topological polar surface area (TPSA) is 38.7 Å². The second-order valence-corrected chi connectivity index (χ2v) is 3.25. The molecule has 0 amide bonds. The van der Waals surface area contributed by atoms with Gasteiger partial charge in [0.15, 0.2) is 0 Å². The minimum absolute atomic E-state index is 0.476. The van der Waals surface area contributed by atoms with E-state index >= 15 is 0 Å². The summed E-state index contributed by atoms with van der Waals surface area (Å²) in [6, 6.07) is 5.67. The van der Waals surface area contributed by atoms with Gasteiger partial charge in [-0.2, -0.15) is 0 Å². The SMILES string of the molecule is Clc1cc(Cc2ccncc2)ncn1. The Morgan fingerprint density at radius 3 is 2.64 bits per heavy atom. The number of pyridine rings is 1. The molecule has 0 unspecified atom stereocenters. The van der Waals surface area contributed by atoms with E-state index in [1.807, 2.05) is 12.1 Å². The molecule has 0 N–H and O–H groups in total. The maximum Gasteiger partial charge on any atom is 0.132 e. The second-order valence-electron chi connectivity index (χ2n) is 2.86. The summed E-state index contributed by atoms with van der Waals surface area (Å²) in [7, 11) is 0. The average Bonchev–Trinajstić information content (AvgIpc) is 2.19.